The van der Waals surface area contributed by atoms with Gasteiger partial charge in [-0.3, -0.25) is 9.59 Å². The van der Waals surface area contributed by atoms with Crippen molar-refractivity contribution in [1.29, 1.82) is 0 Å². The SMILES string of the molecule is NC(=O)c1c(F)ccnc1Oc1ccc(C=O)cc1. The molecule has 2 N–H and O–H groups in total. The number of hydrogen-bond acceptors (Lipinski definition) is 4. The first kappa shape index (κ1) is 12.7. The van der Waals surface area contributed by atoms with E-state index in [2.05, 4.69) is 4.98 Å². The second-order valence-corrected chi connectivity index (χ2v) is 3.63. The van der Waals surface area contributed by atoms with Gasteiger partial charge in [-0.25, -0.2) is 9.37 Å². The molecule has 0 atom stereocenters. The number of nitrogens with two attached hydrogens (primary N) is 1. The zero-order valence-corrected chi connectivity index (χ0v) is 9.67. The monoisotopic (exact) mass is 260 g/mol. The summed E-state index contributed by atoms with van der Waals surface area (Å²) in [7, 11) is 0. The predicted octanol–water partition coefficient (Wildman–Crippen LogP) is 1.92. The smallest absolute Gasteiger partial charge is 0.257 e. The van der Waals surface area contributed by atoms with Crippen molar-refractivity contribution in [3.05, 3.63) is 53.5 Å². The van der Waals surface area contributed by atoms with Gasteiger partial charge in [0.1, 0.15) is 23.4 Å². The van der Waals surface area contributed by atoms with Crippen LogP contribution in [0.25, 0.3) is 0 Å². The lowest BCUT2D eigenvalue weighted by atomic mass is 10.2. The highest BCUT2D eigenvalue weighted by Crippen LogP contribution is 2.24. The number of hydrogen-bond donors (Lipinski definition) is 1. The van der Waals surface area contributed by atoms with Crippen LogP contribution in [0, 0.1) is 5.82 Å². The maximum absolute atomic E-state index is 13.5. The van der Waals surface area contributed by atoms with Gasteiger partial charge >= 0.3 is 0 Å². The van der Waals surface area contributed by atoms with Gasteiger partial charge in [0, 0.05) is 11.8 Å². The molecule has 0 aliphatic heterocycles. The number of benzene rings is 1. The van der Waals surface area contributed by atoms with E-state index in [0.717, 1.165) is 12.3 Å². The van der Waals surface area contributed by atoms with E-state index in [9.17, 15) is 14.0 Å². The molecule has 0 unspecified atom stereocenters. The Bertz CT molecular complexity index is 626. The molecule has 19 heavy (non-hydrogen) atoms. The average Bonchev–Trinajstić information content (AvgIpc) is 2.39. The van der Waals surface area contributed by atoms with E-state index in [1.54, 1.807) is 0 Å². The average molecular weight is 260 g/mol. The standard InChI is InChI=1S/C13H9FN2O3/c14-10-5-6-16-13(11(10)12(15)18)19-9-3-1-8(7-17)2-4-9/h1-7H,(H2,15,18). The molecular formula is C13H9FN2O3. The number of aromatic nitrogens is 1. The maximum Gasteiger partial charge on any atom is 0.257 e. The van der Waals surface area contributed by atoms with Gasteiger partial charge in [0.15, 0.2) is 0 Å². The van der Waals surface area contributed by atoms with Gasteiger partial charge in [-0.15, -0.1) is 0 Å². The number of carbonyl (C=O) groups is 2. The first-order valence-electron chi connectivity index (χ1n) is 5.29. The highest BCUT2D eigenvalue weighted by Gasteiger charge is 2.17. The largest absolute Gasteiger partial charge is 0.438 e. The number of rotatable bonds is 4. The summed E-state index contributed by atoms with van der Waals surface area (Å²) < 4.78 is 18.7. The first-order valence-corrected chi connectivity index (χ1v) is 5.29. The molecule has 0 radical (unpaired) electrons. The third-order valence-electron chi connectivity index (χ3n) is 2.34. The molecule has 96 valence electrons. The summed E-state index contributed by atoms with van der Waals surface area (Å²) in [4.78, 5) is 25.4. The highest BCUT2D eigenvalue weighted by atomic mass is 19.1. The molecule has 0 saturated carbocycles. The number of aldehydes is 1. The topological polar surface area (TPSA) is 82.3 Å². The van der Waals surface area contributed by atoms with Crippen LogP contribution in [0.2, 0.25) is 0 Å². The third-order valence-corrected chi connectivity index (χ3v) is 2.34. The van der Waals surface area contributed by atoms with Gasteiger partial charge in [-0.2, -0.15) is 0 Å². The van der Waals surface area contributed by atoms with E-state index < -0.39 is 17.3 Å². The molecule has 1 aromatic carbocycles. The number of primary amides is 1. The zero-order chi connectivity index (χ0) is 13.8. The summed E-state index contributed by atoms with van der Waals surface area (Å²) in [5, 5.41) is 0. The number of nitrogens with zero attached hydrogens (tertiary/aromatic N) is 1. The van der Waals surface area contributed by atoms with E-state index in [0.29, 0.717) is 17.6 Å². The minimum absolute atomic E-state index is 0.216. The van der Waals surface area contributed by atoms with Crippen molar-refractivity contribution in [2.24, 2.45) is 5.73 Å². The molecule has 1 heterocycles. The van der Waals surface area contributed by atoms with Crippen molar-refractivity contribution in [2.75, 3.05) is 0 Å². The second kappa shape index (κ2) is 5.26. The molecule has 1 aromatic heterocycles. The van der Waals surface area contributed by atoms with Crippen LogP contribution in [-0.2, 0) is 0 Å². The number of ether oxygens (including phenoxy) is 1. The van der Waals surface area contributed by atoms with E-state index in [1.807, 2.05) is 0 Å². The fourth-order valence-electron chi connectivity index (χ4n) is 1.45. The Hall–Kier alpha value is -2.76. The van der Waals surface area contributed by atoms with Gasteiger partial charge in [-0.05, 0) is 30.3 Å². The van der Waals surface area contributed by atoms with E-state index in [4.69, 9.17) is 10.5 Å². The Labute approximate surface area is 107 Å². The maximum atomic E-state index is 13.5. The number of amides is 1. The normalized spacial score (nSPS) is 9.95. The Kier molecular flexibility index (Phi) is 3.51. The summed E-state index contributed by atoms with van der Waals surface area (Å²) in [6.45, 7) is 0. The van der Waals surface area contributed by atoms with Crippen LogP contribution >= 0.6 is 0 Å². The molecule has 2 rings (SSSR count). The lowest BCUT2D eigenvalue weighted by Crippen LogP contribution is -2.15. The van der Waals surface area contributed by atoms with Crippen LogP contribution in [0.4, 0.5) is 4.39 Å². The van der Waals surface area contributed by atoms with Crippen LogP contribution < -0.4 is 10.5 Å². The molecule has 6 heteroatoms. The fraction of sp³-hybridized carbons (Fsp3) is 0. The molecule has 0 bridgehead atoms. The van der Waals surface area contributed by atoms with Crippen LogP contribution in [0.3, 0.4) is 0 Å². The van der Waals surface area contributed by atoms with Crippen molar-refractivity contribution in [3.63, 3.8) is 0 Å². The van der Waals surface area contributed by atoms with Gasteiger partial charge in [0.05, 0.1) is 0 Å². The van der Waals surface area contributed by atoms with Gasteiger partial charge < -0.3 is 10.5 Å². The van der Waals surface area contributed by atoms with Crippen LogP contribution in [0.15, 0.2) is 36.5 Å². The summed E-state index contributed by atoms with van der Waals surface area (Å²) >= 11 is 0. The lowest BCUT2D eigenvalue weighted by Gasteiger charge is -2.08. The van der Waals surface area contributed by atoms with E-state index >= 15 is 0 Å². The highest BCUT2D eigenvalue weighted by molar-refractivity contribution is 5.95. The Balaban J connectivity index is 2.34. The van der Waals surface area contributed by atoms with Gasteiger partial charge in [-0.1, -0.05) is 0 Å². The minimum atomic E-state index is -0.967. The zero-order valence-electron chi connectivity index (χ0n) is 9.67. The molecule has 5 nitrogen and oxygen atoms in total. The molecular weight excluding hydrogens is 251 g/mol. The summed E-state index contributed by atoms with van der Waals surface area (Å²) in [5.41, 5.74) is 5.12. The molecule has 0 aliphatic carbocycles. The summed E-state index contributed by atoms with van der Waals surface area (Å²) in [5.74, 6) is -1.68. The van der Waals surface area contributed by atoms with Crippen molar-refractivity contribution >= 4 is 12.2 Å². The molecule has 0 spiro atoms. The van der Waals surface area contributed by atoms with Crippen molar-refractivity contribution < 1.29 is 18.7 Å². The lowest BCUT2D eigenvalue weighted by molar-refractivity contribution is 0.0993. The summed E-state index contributed by atoms with van der Waals surface area (Å²) in [6, 6.07) is 7.06. The first-order chi connectivity index (χ1) is 9.11. The number of halogens is 1. The fourth-order valence-corrected chi connectivity index (χ4v) is 1.45. The quantitative estimate of drug-likeness (QED) is 0.851. The second-order valence-electron chi connectivity index (χ2n) is 3.63. The molecule has 1 amide bonds. The van der Waals surface area contributed by atoms with Crippen LogP contribution in [0.1, 0.15) is 20.7 Å². The van der Waals surface area contributed by atoms with Crippen LogP contribution in [0.5, 0.6) is 11.6 Å². The molecule has 0 saturated heterocycles. The Morgan fingerprint density at radius 2 is 1.95 bits per heavy atom. The van der Waals surface area contributed by atoms with E-state index in [-0.39, 0.29) is 5.88 Å². The van der Waals surface area contributed by atoms with Crippen molar-refractivity contribution in [3.8, 4) is 11.6 Å². The number of carbonyl (C=O) groups excluding carboxylic acids is 2. The Morgan fingerprint density at radius 1 is 1.26 bits per heavy atom. The summed E-state index contributed by atoms with van der Waals surface area (Å²) in [6.07, 6.45) is 1.84. The van der Waals surface area contributed by atoms with E-state index in [1.165, 1.54) is 24.3 Å². The number of pyridine rings is 1. The molecule has 0 aliphatic rings. The Morgan fingerprint density at radius 3 is 2.53 bits per heavy atom. The van der Waals surface area contributed by atoms with Crippen molar-refractivity contribution in [2.45, 2.75) is 0 Å². The predicted molar refractivity (Wildman–Crippen MR) is 64.6 cm³/mol. The molecule has 0 fully saturated rings. The third kappa shape index (κ3) is 2.74. The van der Waals surface area contributed by atoms with Crippen molar-refractivity contribution in [1.82, 2.24) is 4.98 Å². The minimum Gasteiger partial charge on any atom is -0.438 e. The van der Waals surface area contributed by atoms with Gasteiger partial charge in [0.25, 0.3) is 5.91 Å². The van der Waals surface area contributed by atoms with Gasteiger partial charge in [0.2, 0.25) is 5.88 Å². The molecule has 2 aromatic rings. The van der Waals surface area contributed by atoms with Crippen LogP contribution in [-0.4, -0.2) is 17.2 Å².